The Bertz CT molecular complexity index is 3110. The second-order valence-corrected chi connectivity index (χ2v) is 14.7. The zero-order valence-corrected chi connectivity index (χ0v) is 29.0. The second-order valence-electron chi connectivity index (χ2n) is 13.6. The van der Waals surface area contributed by atoms with Gasteiger partial charge in [-0.1, -0.05) is 158 Å². The number of thiophene rings is 1. The van der Waals surface area contributed by atoms with Gasteiger partial charge in [0.25, 0.3) is 0 Å². The maximum absolute atomic E-state index is 6.94. The molecule has 0 fully saturated rings. The van der Waals surface area contributed by atoms with E-state index in [4.69, 9.17) is 4.42 Å². The van der Waals surface area contributed by atoms with Crippen molar-refractivity contribution in [3.05, 3.63) is 182 Å². The molecule has 0 radical (unpaired) electrons. The van der Waals surface area contributed by atoms with Crippen molar-refractivity contribution in [2.75, 3.05) is 0 Å². The lowest BCUT2D eigenvalue weighted by molar-refractivity contribution is 0.636. The van der Waals surface area contributed by atoms with E-state index in [1.807, 2.05) is 11.3 Å². The highest BCUT2D eigenvalue weighted by Crippen LogP contribution is 2.49. The Morgan fingerprint density at radius 2 is 0.865 bits per heavy atom. The molecule has 2 heteroatoms. The zero-order chi connectivity index (χ0) is 34.2. The van der Waals surface area contributed by atoms with E-state index in [2.05, 4.69) is 182 Å². The minimum atomic E-state index is 0.912. The molecule has 0 amide bonds. The summed E-state index contributed by atoms with van der Waals surface area (Å²) >= 11 is 1.84. The van der Waals surface area contributed by atoms with Crippen LogP contribution in [0.5, 0.6) is 0 Å². The fourth-order valence-electron chi connectivity index (χ4n) is 8.35. The fraction of sp³-hybridized carbons (Fsp3) is 0. The third-order valence-corrected chi connectivity index (χ3v) is 11.8. The average Bonchev–Trinajstić information content (AvgIpc) is 3.79. The van der Waals surface area contributed by atoms with Crippen molar-refractivity contribution in [2.45, 2.75) is 0 Å². The van der Waals surface area contributed by atoms with Crippen LogP contribution >= 0.6 is 11.3 Å². The quantitative estimate of drug-likeness (QED) is 0.169. The van der Waals surface area contributed by atoms with Crippen molar-refractivity contribution in [3.8, 4) is 44.7 Å². The van der Waals surface area contributed by atoms with Gasteiger partial charge in [-0.2, -0.15) is 0 Å². The van der Waals surface area contributed by atoms with Crippen LogP contribution in [0.25, 0.3) is 108 Å². The molecule has 52 heavy (non-hydrogen) atoms. The Kier molecular flexibility index (Phi) is 6.49. The van der Waals surface area contributed by atoms with E-state index in [0.29, 0.717) is 0 Å². The van der Waals surface area contributed by atoms with Crippen molar-refractivity contribution in [3.63, 3.8) is 0 Å². The molecular formula is C50H30OS. The summed E-state index contributed by atoms with van der Waals surface area (Å²) in [6.45, 7) is 0. The number of hydrogen-bond donors (Lipinski definition) is 0. The van der Waals surface area contributed by atoms with Crippen molar-refractivity contribution in [1.29, 1.82) is 0 Å². The third kappa shape index (κ3) is 4.41. The van der Waals surface area contributed by atoms with Crippen molar-refractivity contribution in [2.24, 2.45) is 0 Å². The highest BCUT2D eigenvalue weighted by Gasteiger charge is 2.22. The Morgan fingerprint density at radius 1 is 0.327 bits per heavy atom. The van der Waals surface area contributed by atoms with Gasteiger partial charge < -0.3 is 4.42 Å². The first kappa shape index (κ1) is 29.3. The van der Waals surface area contributed by atoms with Gasteiger partial charge in [0.15, 0.2) is 0 Å². The van der Waals surface area contributed by atoms with Gasteiger partial charge >= 0.3 is 0 Å². The fourth-order valence-corrected chi connectivity index (χ4v) is 9.49. The smallest absolute Gasteiger partial charge is 0.144 e. The topological polar surface area (TPSA) is 13.1 Å². The Morgan fingerprint density at radius 3 is 1.54 bits per heavy atom. The molecule has 242 valence electrons. The molecule has 11 aromatic rings. The minimum absolute atomic E-state index is 0.912. The summed E-state index contributed by atoms with van der Waals surface area (Å²) in [6, 6.07) is 66.0. The molecule has 0 saturated heterocycles. The highest BCUT2D eigenvalue weighted by molar-refractivity contribution is 7.26. The lowest BCUT2D eigenvalue weighted by atomic mass is 9.85. The summed E-state index contributed by atoms with van der Waals surface area (Å²) in [5.74, 6) is 0.912. The van der Waals surface area contributed by atoms with Gasteiger partial charge in [0, 0.05) is 36.7 Å². The number of rotatable bonds is 4. The predicted molar refractivity (Wildman–Crippen MR) is 223 cm³/mol. The van der Waals surface area contributed by atoms with Crippen LogP contribution in [0.1, 0.15) is 0 Å². The summed E-state index contributed by atoms with van der Waals surface area (Å²) in [5.41, 5.74) is 9.36. The summed E-state index contributed by atoms with van der Waals surface area (Å²) < 4.78 is 9.42. The molecule has 0 aliphatic rings. The highest BCUT2D eigenvalue weighted by atomic mass is 32.1. The van der Waals surface area contributed by atoms with Crippen LogP contribution in [0.4, 0.5) is 0 Å². The zero-order valence-electron chi connectivity index (χ0n) is 28.1. The third-order valence-electron chi connectivity index (χ3n) is 10.6. The molecule has 0 bridgehead atoms. The molecule has 0 aliphatic heterocycles. The maximum Gasteiger partial charge on any atom is 0.144 e. The van der Waals surface area contributed by atoms with E-state index in [0.717, 1.165) is 33.4 Å². The molecule has 0 aliphatic carbocycles. The van der Waals surface area contributed by atoms with E-state index in [9.17, 15) is 0 Å². The lowest BCUT2D eigenvalue weighted by Gasteiger charge is -2.18. The van der Waals surface area contributed by atoms with Crippen LogP contribution in [-0.4, -0.2) is 0 Å². The molecule has 0 saturated carbocycles. The molecule has 2 aromatic heterocycles. The summed E-state index contributed by atoms with van der Waals surface area (Å²) in [7, 11) is 0. The minimum Gasteiger partial charge on any atom is -0.455 e. The van der Waals surface area contributed by atoms with Crippen LogP contribution in [0, 0.1) is 0 Å². The first-order valence-corrected chi connectivity index (χ1v) is 18.6. The first-order chi connectivity index (χ1) is 25.8. The molecule has 0 N–H and O–H groups in total. The monoisotopic (exact) mass is 678 g/mol. The lowest BCUT2D eigenvalue weighted by Crippen LogP contribution is -1.90. The Hall–Kier alpha value is -6.48. The summed E-state index contributed by atoms with van der Waals surface area (Å²) in [6.07, 6.45) is 0. The van der Waals surface area contributed by atoms with Crippen LogP contribution < -0.4 is 0 Å². The number of benzene rings is 9. The molecule has 0 unspecified atom stereocenters. The van der Waals surface area contributed by atoms with Gasteiger partial charge in [-0.3, -0.25) is 0 Å². The van der Waals surface area contributed by atoms with E-state index in [1.54, 1.807) is 0 Å². The molecular weight excluding hydrogens is 649 g/mol. The van der Waals surface area contributed by atoms with Crippen LogP contribution in [0.3, 0.4) is 0 Å². The van der Waals surface area contributed by atoms with Crippen molar-refractivity contribution < 1.29 is 4.42 Å². The van der Waals surface area contributed by atoms with Crippen LogP contribution in [-0.2, 0) is 0 Å². The van der Waals surface area contributed by atoms with Crippen LogP contribution in [0.15, 0.2) is 186 Å². The van der Waals surface area contributed by atoms with Crippen molar-refractivity contribution in [1.82, 2.24) is 0 Å². The predicted octanol–water partition coefficient (Wildman–Crippen LogP) is 14.9. The number of hydrogen-bond acceptors (Lipinski definition) is 2. The van der Waals surface area contributed by atoms with E-state index in [-0.39, 0.29) is 0 Å². The van der Waals surface area contributed by atoms with E-state index >= 15 is 0 Å². The average molecular weight is 679 g/mol. The summed E-state index contributed by atoms with van der Waals surface area (Å²) in [5, 5.41) is 11.1. The van der Waals surface area contributed by atoms with Gasteiger partial charge in [0.05, 0.1) is 0 Å². The van der Waals surface area contributed by atoms with Crippen molar-refractivity contribution >= 4 is 74.8 Å². The molecule has 9 aromatic carbocycles. The standard InChI is InChI=1S/C50H30OS/c1-3-14-32(15-4-1)47-42-27-28-43-48(50(42)51-49(47)33-16-5-2-6-17-33)41-26-25-36(30-44(41)52-43)46-39-21-11-9-19-37(39)45(38-20-10-12-22-40(38)46)35-24-23-31-13-7-8-18-34(31)29-35/h1-30H. The van der Waals surface area contributed by atoms with E-state index < -0.39 is 0 Å². The number of fused-ring (bicyclic) bond motifs is 8. The van der Waals surface area contributed by atoms with E-state index in [1.165, 1.54) is 74.7 Å². The molecule has 0 spiro atoms. The molecule has 2 heterocycles. The second kappa shape index (κ2) is 11.5. The Balaban J connectivity index is 1.15. The van der Waals surface area contributed by atoms with Crippen LogP contribution in [0.2, 0.25) is 0 Å². The summed E-state index contributed by atoms with van der Waals surface area (Å²) in [4.78, 5) is 0. The largest absolute Gasteiger partial charge is 0.455 e. The van der Waals surface area contributed by atoms with Gasteiger partial charge in [-0.15, -0.1) is 11.3 Å². The SMILES string of the molecule is c1ccc(-c2oc3c(ccc4sc5cc(-c6c7ccccc7c(-c7ccc8ccccc8c7)c7ccccc67)ccc5c43)c2-c2ccccc2)cc1. The Labute approximate surface area is 304 Å². The van der Waals surface area contributed by atoms with Gasteiger partial charge in [-0.25, -0.2) is 0 Å². The molecule has 11 rings (SSSR count). The molecule has 1 nitrogen and oxygen atoms in total. The normalized spacial score (nSPS) is 11.8. The molecule has 0 atom stereocenters. The van der Waals surface area contributed by atoms with Gasteiger partial charge in [0.2, 0.25) is 0 Å². The van der Waals surface area contributed by atoms with Gasteiger partial charge in [0.1, 0.15) is 11.3 Å². The van der Waals surface area contributed by atoms with Gasteiger partial charge in [-0.05, 0) is 84.4 Å². The first-order valence-electron chi connectivity index (χ1n) is 17.8. The number of furan rings is 1. The maximum atomic E-state index is 6.94.